The predicted molar refractivity (Wildman–Crippen MR) is 25.9 cm³/mol. The molecule has 3 nitrogen and oxygen atoms in total. The summed E-state index contributed by atoms with van der Waals surface area (Å²) in [6.07, 6.45) is 0. The van der Waals surface area contributed by atoms with Crippen molar-refractivity contribution in [2.75, 3.05) is 0 Å². The highest BCUT2D eigenvalue weighted by atomic mass is 19.1. The Balaban J connectivity index is 3.83. The summed E-state index contributed by atoms with van der Waals surface area (Å²) < 4.78 is 11.6. The molecular weight excluding hydrogens is 113 g/mol. The van der Waals surface area contributed by atoms with Crippen LogP contribution in [0.15, 0.2) is 12.4 Å². The lowest BCUT2D eigenvalue weighted by Gasteiger charge is -1.98. The third-order valence-corrected chi connectivity index (χ3v) is 0.604. The third kappa shape index (κ3) is 1.70. The van der Waals surface area contributed by atoms with E-state index < -0.39 is 17.8 Å². The molecule has 0 aromatic rings. The molecule has 8 heavy (non-hydrogen) atoms. The van der Waals surface area contributed by atoms with Gasteiger partial charge in [0.25, 0.3) is 0 Å². The summed E-state index contributed by atoms with van der Waals surface area (Å²) >= 11 is 0. The zero-order valence-electron chi connectivity index (χ0n) is 4.10. The summed E-state index contributed by atoms with van der Waals surface area (Å²) in [4.78, 5) is 9.71. The first-order chi connectivity index (χ1) is 3.55. The number of halogens is 1. The molecule has 0 aromatic heterocycles. The molecule has 1 atom stereocenters. The topological polar surface area (TPSA) is 63.3 Å². The van der Waals surface area contributed by atoms with Gasteiger partial charge in [0.15, 0.2) is 6.04 Å². The molecule has 0 saturated heterocycles. The summed E-state index contributed by atoms with van der Waals surface area (Å²) in [5, 5.41) is 7.93. The highest BCUT2D eigenvalue weighted by Crippen LogP contribution is 1.95. The van der Waals surface area contributed by atoms with E-state index in [4.69, 9.17) is 5.11 Å². The van der Waals surface area contributed by atoms with Gasteiger partial charge in [-0.25, -0.2) is 4.39 Å². The van der Waals surface area contributed by atoms with Crippen LogP contribution in [0, 0.1) is 0 Å². The Bertz CT molecular complexity index is 109. The van der Waals surface area contributed by atoms with Gasteiger partial charge in [-0.2, -0.15) is 0 Å². The molecule has 0 aromatic carbocycles. The molecule has 0 fully saturated rings. The number of carboxylic acids is 1. The molecule has 0 aliphatic carbocycles. The van der Waals surface area contributed by atoms with Crippen molar-refractivity contribution in [3.05, 3.63) is 12.4 Å². The van der Waals surface area contributed by atoms with E-state index in [2.05, 4.69) is 12.3 Å². The monoisotopic (exact) mass is 119 g/mol. The van der Waals surface area contributed by atoms with Crippen molar-refractivity contribution >= 4 is 5.97 Å². The minimum Gasteiger partial charge on any atom is -0.480 e. The van der Waals surface area contributed by atoms with Crippen LogP contribution >= 0.6 is 0 Å². The van der Waals surface area contributed by atoms with Crippen LogP contribution < -0.4 is 5.73 Å². The Labute approximate surface area is 45.6 Å². The van der Waals surface area contributed by atoms with Gasteiger partial charge in [0.05, 0.1) is 0 Å². The van der Waals surface area contributed by atoms with Crippen LogP contribution in [0.5, 0.6) is 0 Å². The van der Waals surface area contributed by atoms with E-state index in [-0.39, 0.29) is 0 Å². The Kier molecular flexibility index (Phi) is 2.15. The lowest BCUT2D eigenvalue weighted by Crippen LogP contribution is -2.30. The van der Waals surface area contributed by atoms with Gasteiger partial charge in [0, 0.05) is 0 Å². The fraction of sp³-hybridized carbons (Fsp3) is 0.250. The van der Waals surface area contributed by atoms with Crippen LogP contribution in [0.3, 0.4) is 0 Å². The molecule has 0 spiro atoms. The highest BCUT2D eigenvalue weighted by Gasteiger charge is 2.13. The number of rotatable bonds is 2. The van der Waals surface area contributed by atoms with Gasteiger partial charge in [-0.1, -0.05) is 6.58 Å². The maximum atomic E-state index is 11.6. The lowest BCUT2D eigenvalue weighted by molar-refractivity contribution is -0.137. The Morgan fingerprint density at radius 2 is 2.25 bits per heavy atom. The maximum absolute atomic E-state index is 11.6. The van der Waals surface area contributed by atoms with Crippen LogP contribution in [-0.4, -0.2) is 17.1 Å². The molecule has 0 saturated carbocycles. The van der Waals surface area contributed by atoms with Gasteiger partial charge in [0.1, 0.15) is 5.83 Å². The van der Waals surface area contributed by atoms with Crippen molar-refractivity contribution in [1.29, 1.82) is 0 Å². The first-order valence-electron chi connectivity index (χ1n) is 1.88. The van der Waals surface area contributed by atoms with Crippen LogP contribution in [-0.2, 0) is 4.79 Å². The second kappa shape index (κ2) is 2.42. The van der Waals surface area contributed by atoms with Crippen molar-refractivity contribution in [1.82, 2.24) is 0 Å². The molecule has 3 N–H and O–H groups in total. The molecule has 4 heteroatoms. The Morgan fingerprint density at radius 3 is 2.25 bits per heavy atom. The molecular formula is C4H6FNO2. The van der Waals surface area contributed by atoms with Gasteiger partial charge < -0.3 is 10.8 Å². The zero-order valence-corrected chi connectivity index (χ0v) is 4.10. The second-order valence-electron chi connectivity index (χ2n) is 1.26. The molecule has 0 aliphatic heterocycles. The van der Waals surface area contributed by atoms with Crippen LogP contribution in [0.1, 0.15) is 0 Å². The van der Waals surface area contributed by atoms with Crippen molar-refractivity contribution in [3.8, 4) is 0 Å². The first-order valence-corrected chi connectivity index (χ1v) is 1.88. The fourth-order valence-electron chi connectivity index (χ4n) is 0.134. The molecule has 46 valence electrons. The standard InChI is InChI=1S/C4H6FNO2/c1-2(5)3(6)4(7)8/h3H,1,6H2,(H,7,8)/t3-/m1/s1. The average molecular weight is 119 g/mol. The minimum absolute atomic E-state index is 1.03. The van der Waals surface area contributed by atoms with E-state index in [1.807, 2.05) is 0 Å². The quantitative estimate of drug-likeness (QED) is 0.532. The number of carbonyl (C=O) groups is 1. The van der Waals surface area contributed by atoms with Gasteiger partial charge in [0.2, 0.25) is 0 Å². The summed E-state index contributed by atoms with van der Waals surface area (Å²) in [5.41, 5.74) is 4.69. The van der Waals surface area contributed by atoms with E-state index >= 15 is 0 Å². The Morgan fingerprint density at radius 1 is 1.88 bits per heavy atom. The zero-order chi connectivity index (χ0) is 6.73. The average Bonchev–Trinajstić information content (AvgIpc) is 1.64. The van der Waals surface area contributed by atoms with Crippen molar-refractivity contribution < 1.29 is 14.3 Å². The predicted octanol–water partition coefficient (Wildman–Crippen LogP) is -0.119. The Hall–Kier alpha value is -0.900. The van der Waals surface area contributed by atoms with Crippen LogP contribution in [0.25, 0.3) is 0 Å². The SMILES string of the molecule is C=C(F)[C@@H](N)C(=O)O. The van der Waals surface area contributed by atoms with Crippen molar-refractivity contribution in [2.45, 2.75) is 6.04 Å². The van der Waals surface area contributed by atoms with Gasteiger partial charge in [-0.15, -0.1) is 0 Å². The van der Waals surface area contributed by atoms with Gasteiger partial charge in [-0.3, -0.25) is 4.79 Å². The molecule has 0 unspecified atom stereocenters. The van der Waals surface area contributed by atoms with Crippen molar-refractivity contribution in [2.24, 2.45) is 5.73 Å². The molecule has 0 amide bonds. The van der Waals surface area contributed by atoms with E-state index in [0.29, 0.717) is 0 Å². The first kappa shape index (κ1) is 7.10. The molecule has 0 bridgehead atoms. The minimum atomic E-state index is -1.57. The van der Waals surface area contributed by atoms with E-state index in [1.165, 1.54) is 0 Å². The van der Waals surface area contributed by atoms with E-state index in [9.17, 15) is 9.18 Å². The number of carboxylic acid groups (broad SMARTS) is 1. The summed E-state index contributed by atoms with van der Waals surface area (Å²) in [7, 11) is 0. The summed E-state index contributed by atoms with van der Waals surface area (Å²) in [6, 6.07) is -1.57. The second-order valence-corrected chi connectivity index (χ2v) is 1.26. The molecule has 0 rings (SSSR count). The van der Waals surface area contributed by atoms with Gasteiger partial charge in [-0.05, 0) is 0 Å². The molecule has 0 heterocycles. The largest absolute Gasteiger partial charge is 0.480 e. The van der Waals surface area contributed by atoms with E-state index in [0.717, 1.165) is 0 Å². The number of aliphatic carboxylic acids is 1. The van der Waals surface area contributed by atoms with Crippen molar-refractivity contribution in [3.63, 3.8) is 0 Å². The fourth-order valence-corrected chi connectivity index (χ4v) is 0.134. The number of nitrogens with two attached hydrogens (primary N) is 1. The lowest BCUT2D eigenvalue weighted by atomic mass is 10.3. The molecule has 0 aliphatic rings. The van der Waals surface area contributed by atoms with Crippen LogP contribution in [0.2, 0.25) is 0 Å². The summed E-state index contributed by atoms with van der Waals surface area (Å²) in [5.74, 6) is -2.44. The molecule has 0 radical (unpaired) electrons. The highest BCUT2D eigenvalue weighted by molar-refractivity contribution is 5.76. The van der Waals surface area contributed by atoms with E-state index in [1.54, 1.807) is 0 Å². The van der Waals surface area contributed by atoms with Gasteiger partial charge >= 0.3 is 5.97 Å². The smallest absolute Gasteiger partial charge is 0.327 e. The normalized spacial score (nSPS) is 12.8. The number of hydrogen-bond donors (Lipinski definition) is 2. The van der Waals surface area contributed by atoms with Crippen LogP contribution in [0.4, 0.5) is 4.39 Å². The third-order valence-electron chi connectivity index (χ3n) is 0.604. The maximum Gasteiger partial charge on any atom is 0.327 e. The number of hydrogen-bond acceptors (Lipinski definition) is 2. The summed E-state index contributed by atoms with van der Waals surface area (Å²) in [6.45, 7) is 2.70.